The smallest absolute Gasteiger partial charge is 0.224 e. The molecule has 2 aromatic carbocycles. The Balaban J connectivity index is 1.29. The molecule has 0 aliphatic carbocycles. The van der Waals surface area contributed by atoms with E-state index in [1.165, 1.54) is 17.0 Å². The number of anilines is 2. The zero-order valence-corrected chi connectivity index (χ0v) is 15.5. The Morgan fingerprint density at radius 3 is 2.57 bits per heavy atom. The van der Waals surface area contributed by atoms with Crippen molar-refractivity contribution in [2.24, 2.45) is 0 Å². The van der Waals surface area contributed by atoms with Crippen LogP contribution in [0.2, 0.25) is 0 Å². The van der Waals surface area contributed by atoms with Gasteiger partial charge in [0.2, 0.25) is 5.95 Å². The largest absolute Gasteiger partial charge is 0.370 e. The number of hydrogen-bond donors (Lipinski definition) is 3. The first-order valence-electron chi connectivity index (χ1n) is 9.39. The highest BCUT2D eigenvalue weighted by atomic mass is 19.1. The van der Waals surface area contributed by atoms with Crippen molar-refractivity contribution in [1.29, 1.82) is 0 Å². The normalized spacial score (nSPS) is 10.9. The molecule has 3 N–H and O–H groups in total. The maximum absolute atomic E-state index is 13.7. The Hall–Kier alpha value is -3.41. The fraction of sp³-hybridized carbons (Fsp3) is 0.182. The summed E-state index contributed by atoms with van der Waals surface area (Å²) in [6.45, 7) is 1.34. The summed E-state index contributed by atoms with van der Waals surface area (Å²) in [5.74, 6) is 1.12. The van der Waals surface area contributed by atoms with Gasteiger partial charge >= 0.3 is 0 Å². The van der Waals surface area contributed by atoms with E-state index < -0.39 is 0 Å². The summed E-state index contributed by atoms with van der Waals surface area (Å²) in [6.07, 6.45) is 5.24. The topological polar surface area (TPSA) is 65.6 Å². The van der Waals surface area contributed by atoms with E-state index in [2.05, 4.69) is 50.0 Å². The van der Waals surface area contributed by atoms with Gasteiger partial charge in [0, 0.05) is 36.4 Å². The molecule has 5 nitrogen and oxygen atoms in total. The molecule has 142 valence electrons. The number of hydrogen-bond acceptors (Lipinski definition) is 4. The Kier molecular flexibility index (Phi) is 5.47. The molecule has 0 saturated heterocycles. The number of aromatic amines is 1. The molecule has 0 aliphatic heterocycles. The molecule has 0 spiro atoms. The van der Waals surface area contributed by atoms with Crippen LogP contribution in [0.5, 0.6) is 0 Å². The molecule has 0 amide bonds. The third-order valence-corrected chi connectivity index (χ3v) is 4.67. The number of benzene rings is 2. The summed E-state index contributed by atoms with van der Waals surface area (Å²) in [4.78, 5) is 12.0. The molecular weight excluding hydrogens is 353 g/mol. The lowest BCUT2D eigenvalue weighted by Crippen LogP contribution is -2.11. The monoisotopic (exact) mass is 375 g/mol. The highest BCUT2D eigenvalue weighted by molar-refractivity contribution is 5.83. The molecule has 2 heterocycles. The van der Waals surface area contributed by atoms with Gasteiger partial charge in [-0.3, -0.25) is 0 Å². The summed E-state index contributed by atoms with van der Waals surface area (Å²) in [7, 11) is 0. The second-order valence-corrected chi connectivity index (χ2v) is 6.57. The van der Waals surface area contributed by atoms with Crippen LogP contribution >= 0.6 is 0 Å². The average molecular weight is 375 g/mol. The minimum atomic E-state index is -0.182. The van der Waals surface area contributed by atoms with Crippen molar-refractivity contribution in [3.63, 3.8) is 0 Å². The maximum Gasteiger partial charge on any atom is 0.224 e. The Labute approximate surface area is 163 Å². The lowest BCUT2D eigenvalue weighted by Gasteiger charge is -2.09. The number of nitrogens with one attached hydrogen (secondary N) is 3. The number of H-pyrrole nitrogens is 1. The minimum Gasteiger partial charge on any atom is -0.370 e. The first-order chi connectivity index (χ1) is 13.8. The first-order valence-corrected chi connectivity index (χ1v) is 9.39. The summed E-state index contributed by atoms with van der Waals surface area (Å²) in [5, 5.41) is 7.75. The van der Waals surface area contributed by atoms with Gasteiger partial charge in [-0.2, -0.15) is 4.98 Å². The Morgan fingerprint density at radius 2 is 1.64 bits per heavy atom. The van der Waals surface area contributed by atoms with Gasteiger partial charge < -0.3 is 15.6 Å². The van der Waals surface area contributed by atoms with Gasteiger partial charge in [-0.05, 0) is 42.2 Å². The molecule has 0 unspecified atom stereocenters. The summed E-state index contributed by atoms with van der Waals surface area (Å²) < 4.78 is 13.7. The van der Waals surface area contributed by atoms with E-state index in [4.69, 9.17) is 0 Å². The number of halogens is 1. The highest BCUT2D eigenvalue weighted by Crippen LogP contribution is 2.18. The van der Waals surface area contributed by atoms with Crippen LogP contribution in [0.25, 0.3) is 10.9 Å². The van der Waals surface area contributed by atoms with Crippen LogP contribution in [0, 0.1) is 5.82 Å². The molecule has 0 fully saturated rings. The molecule has 6 heteroatoms. The molecular formula is C22H22FN5. The van der Waals surface area contributed by atoms with E-state index in [0.717, 1.165) is 24.3 Å². The zero-order chi connectivity index (χ0) is 19.2. The first kappa shape index (κ1) is 18.0. The number of para-hydroxylation sites is 1. The van der Waals surface area contributed by atoms with Gasteiger partial charge in [-0.15, -0.1) is 0 Å². The average Bonchev–Trinajstić information content (AvgIpc) is 3.13. The van der Waals surface area contributed by atoms with Crippen molar-refractivity contribution in [3.8, 4) is 0 Å². The molecule has 0 bridgehead atoms. The Bertz CT molecular complexity index is 1060. The molecule has 0 aliphatic rings. The van der Waals surface area contributed by atoms with Crippen molar-refractivity contribution in [2.45, 2.75) is 12.8 Å². The lowest BCUT2D eigenvalue weighted by atomic mass is 10.1. The van der Waals surface area contributed by atoms with Gasteiger partial charge in [0.25, 0.3) is 0 Å². The van der Waals surface area contributed by atoms with Gasteiger partial charge in [-0.25, -0.2) is 9.37 Å². The predicted octanol–water partition coefficient (Wildman–Crippen LogP) is 4.41. The van der Waals surface area contributed by atoms with Crippen LogP contribution in [-0.2, 0) is 12.8 Å². The van der Waals surface area contributed by atoms with Gasteiger partial charge in [0.05, 0.1) is 0 Å². The zero-order valence-electron chi connectivity index (χ0n) is 15.5. The molecule has 0 atom stereocenters. The standard InChI is InChI=1S/C22H22FN5/c23-19-7-3-1-5-16(19)9-13-25-22-26-14-11-21(28-22)24-12-10-17-15-27-20-8-4-2-6-18(17)20/h1-8,11,14-15,27H,9-10,12-13H2,(H2,24,25,26,28). The molecule has 2 aromatic heterocycles. The van der Waals surface area contributed by atoms with Gasteiger partial charge in [-0.1, -0.05) is 36.4 Å². The van der Waals surface area contributed by atoms with E-state index in [1.807, 2.05) is 18.2 Å². The van der Waals surface area contributed by atoms with Crippen molar-refractivity contribution in [3.05, 3.63) is 83.9 Å². The van der Waals surface area contributed by atoms with Crippen LogP contribution in [0.3, 0.4) is 0 Å². The van der Waals surface area contributed by atoms with Crippen molar-refractivity contribution in [1.82, 2.24) is 15.0 Å². The molecule has 4 rings (SSSR count). The second-order valence-electron chi connectivity index (χ2n) is 6.57. The van der Waals surface area contributed by atoms with Crippen molar-refractivity contribution >= 4 is 22.7 Å². The van der Waals surface area contributed by atoms with E-state index in [-0.39, 0.29) is 5.82 Å². The van der Waals surface area contributed by atoms with Gasteiger partial charge in [0.1, 0.15) is 11.6 Å². The van der Waals surface area contributed by atoms with E-state index in [0.29, 0.717) is 24.5 Å². The van der Waals surface area contributed by atoms with Crippen LogP contribution in [0.15, 0.2) is 67.0 Å². The third kappa shape index (κ3) is 4.28. The van der Waals surface area contributed by atoms with E-state index >= 15 is 0 Å². The van der Waals surface area contributed by atoms with Crippen molar-refractivity contribution in [2.75, 3.05) is 23.7 Å². The SMILES string of the molecule is Fc1ccccc1CCNc1nccc(NCCc2c[nH]c3ccccc23)n1. The maximum atomic E-state index is 13.7. The van der Waals surface area contributed by atoms with E-state index in [9.17, 15) is 4.39 Å². The van der Waals surface area contributed by atoms with Crippen LogP contribution in [0.4, 0.5) is 16.2 Å². The summed E-state index contributed by atoms with van der Waals surface area (Å²) >= 11 is 0. The lowest BCUT2D eigenvalue weighted by molar-refractivity contribution is 0.610. The quantitative estimate of drug-likeness (QED) is 0.427. The number of fused-ring (bicyclic) bond motifs is 1. The molecule has 0 radical (unpaired) electrons. The molecule has 4 aromatic rings. The van der Waals surface area contributed by atoms with Crippen molar-refractivity contribution < 1.29 is 4.39 Å². The summed E-state index contributed by atoms with van der Waals surface area (Å²) in [5.41, 5.74) is 3.12. The van der Waals surface area contributed by atoms with E-state index in [1.54, 1.807) is 18.3 Å². The Morgan fingerprint density at radius 1 is 0.857 bits per heavy atom. The highest BCUT2D eigenvalue weighted by Gasteiger charge is 2.04. The second kappa shape index (κ2) is 8.52. The predicted molar refractivity (Wildman–Crippen MR) is 111 cm³/mol. The summed E-state index contributed by atoms with van der Waals surface area (Å²) in [6, 6.07) is 16.9. The molecule has 0 saturated carbocycles. The number of aromatic nitrogens is 3. The van der Waals surface area contributed by atoms with Crippen LogP contribution in [-0.4, -0.2) is 28.0 Å². The van der Waals surface area contributed by atoms with Crippen LogP contribution in [0.1, 0.15) is 11.1 Å². The van der Waals surface area contributed by atoms with Crippen LogP contribution < -0.4 is 10.6 Å². The molecule has 28 heavy (non-hydrogen) atoms. The van der Waals surface area contributed by atoms with Gasteiger partial charge in [0.15, 0.2) is 0 Å². The fourth-order valence-electron chi connectivity index (χ4n) is 3.22. The third-order valence-electron chi connectivity index (χ3n) is 4.67. The number of nitrogens with zero attached hydrogens (tertiary/aromatic N) is 2. The fourth-order valence-corrected chi connectivity index (χ4v) is 3.22. The number of rotatable bonds is 8. The minimum absolute atomic E-state index is 0.182.